The number of rotatable bonds is 8. The van der Waals surface area contributed by atoms with Gasteiger partial charge in [-0.05, 0) is 25.7 Å². The summed E-state index contributed by atoms with van der Waals surface area (Å²) in [5.74, 6) is 0.802. The lowest BCUT2D eigenvalue weighted by molar-refractivity contribution is -0.142. The third-order valence-corrected chi connectivity index (χ3v) is 4.10. The lowest BCUT2D eigenvalue weighted by atomic mass is 9.80. The highest BCUT2D eigenvalue weighted by atomic mass is 16.2. The van der Waals surface area contributed by atoms with E-state index in [1.807, 2.05) is 11.8 Å². The molecule has 3 nitrogen and oxygen atoms in total. The van der Waals surface area contributed by atoms with E-state index in [-0.39, 0.29) is 11.3 Å². The lowest BCUT2D eigenvalue weighted by Gasteiger charge is -2.35. The van der Waals surface area contributed by atoms with Gasteiger partial charge in [0.25, 0.3) is 0 Å². The molecule has 1 amide bonds. The highest BCUT2D eigenvalue weighted by Crippen LogP contribution is 2.28. The van der Waals surface area contributed by atoms with E-state index in [9.17, 15) is 4.79 Å². The number of hydrogen-bond acceptors (Lipinski definition) is 2. The van der Waals surface area contributed by atoms with Crippen LogP contribution in [0.3, 0.4) is 0 Å². The van der Waals surface area contributed by atoms with Crippen LogP contribution in [0.4, 0.5) is 0 Å². The normalized spacial score (nSPS) is 13.5. The van der Waals surface area contributed by atoms with Gasteiger partial charge in [0, 0.05) is 19.6 Å². The Hall–Kier alpha value is -0.570. The van der Waals surface area contributed by atoms with Crippen molar-refractivity contribution in [2.75, 3.05) is 19.6 Å². The predicted octanol–water partition coefficient (Wildman–Crippen LogP) is 2.65. The largest absolute Gasteiger partial charge is 0.342 e. The van der Waals surface area contributed by atoms with Crippen molar-refractivity contribution in [1.82, 2.24) is 4.90 Å². The zero-order valence-corrected chi connectivity index (χ0v) is 12.3. The standard InChI is InChI=1S/C14H30N2O/c1-6-12(5)10-16(9-4)13(17)14(7-2,8-3)11-15/h12H,6-11,15H2,1-5H3. The first-order chi connectivity index (χ1) is 8.01. The first-order valence-electron chi connectivity index (χ1n) is 7.00. The first kappa shape index (κ1) is 16.4. The van der Waals surface area contributed by atoms with Gasteiger partial charge < -0.3 is 10.6 Å². The van der Waals surface area contributed by atoms with Gasteiger partial charge in [-0.3, -0.25) is 4.79 Å². The molecule has 0 bridgehead atoms. The lowest BCUT2D eigenvalue weighted by Crippen LogP contribution is -2.48. The molecular weight excluding hydrogens is 212 g/mol. The Morgan fingerprint density at radius 1 is 1.24 bits per heavy atom. The van der Waals surface area contributed by atoms with Gasteiger partial charge in [0.15, 0.2) is 0 Å². The van der Waals surface area contributed by atoms with E-state index in [4.69, 9.17) is 5.73 Å². The topological polar surface area (TPSA) is 46.3 Å². The van der Waals surface area contributed by atoms with Crippen LogP contribution in [-0.2, 0) is 4.79 Å². The molecule has 0 rings (SSSR count). The fraction of sp³-hybridized carbons (Fsp3) is 0.929. The maximum Gasteiger partial charge on any atom is 0.230 e. The van der Waals surface area contributed by atoms with E-state index >= 15 is 0 Å². The van der Waals surface area contributed by atoms with Crippen molar-refractivity contribution in [3.05, 3.63) is 0 Å². The summed E-state index contributed by atoms with van der Waals surface area (Å²) in [5, 5.41) is 0. The van der Waals surface area contributed by atoms with E-state index in [2.05, 4.69) is 27.7 Å². The molecule has 0 saturated heterocycles. The SMILES string of the molecule is CCC(C)CN(CC)C(=O)C(CC)(CC)CN. The molecule has 0 radical (unpaired) electrons. The molecule has 0 aliphatic heterocycles. The fourth-order valence-electron chi connectivity index (χ4n) is 2.12. The zero-order chi connectivity index (χ0) is 13.5. The second-order valence-corrected chi connectivity index (χ2v) is 5.05. The number of nitrogens with two attached hydrogens (primary N) is 1. The molecular formula is C14H30N2O. The molecule has 0 aromatic heterocycles. The van der Waals surface area contributed by atoms with Crippen molar-refractivity contribution in [2.45, 2.75) is 53.9 Å². The first-order valence-corrected chi connectivity index (χ1v) is 7.00. The molecule has 0 fully saturated rings. The second-order valence-electron chi connectivity index (χ2n) is 5.05. The van der Waals surface area contributed by atoms with Crippen LogP contribution in [0.5, 0.6) is 0 Å². The van der Waals surface area contributed by atoms with Crippen LogP contribution in [0.25, 0.3) is 0 Å². The molecule has 1 unspecified atom stereocenters. The molecule has 0 aliphatic carbocycles. The number of nitrogens with zero attached hydrogens (tertiary/aromatic N) is 1. The number of carbonyl (C=O) groups excluding carboxylic acids is 1. The molecule has 17 heavy (non-hydrogen) atoms. The second kappa shape index (κ2) is 7.70. The Labute approximate surface area is 107 Å². The van der Waals surface area contributed by atoms with Crippen molar-refractivity contribution >= 4 is 5.91 Å². The molecule has 1 atom stereocenters. The fourth-order valence-corrected chi connectivity index (χ4v) is 2.12. The van der Waals surface area contributed by atoms with Gasteiger partial charge in [-0.1, -0.05) is 34.1 Å². The predicted molar refractivity (Wildman–Crippen MR) is 73.8 cm³/mol. The molecule has 0 heterocycles. The number of carbonyl (C=O) groups is 1. The van der Waals surface area contributed by atoms with Crippen LogP contribution >= 0.6 is 0 Å². The number of amides is 1. The minimum Gasteiger partial charge on any atom is -0.342 e. The third kappa shape index (κ3) is 3.98. The minimum absolute atomic E-state index is 0.243. The van der Waals surface area contributed by atoms with Gasteiger partial charge in [-0.2, -0.15) is 0 Å². The summed E-state index contributed by atoms with van der Waals surface area (Å²) in [6.07, 6.45) is 2.77. The van der Waals surface area contributed by atoms with Crippen LogP contribution in [0.2, 0.25) is 0 Å². The van der Waals surface area contributed by atoms with Crippen molar-refractivity contribution in [2.24, 2.45) is 17.1 Å². The smallest absolute Gasteiger partial charge is 0.230 e. The van der Waals surface area contributed by atoms with E-state index in [1.165, 1.54) is 0 Å². The molecule has 102 valence electrons. The monoisotopic (exact) mass is 242 g/mol. The Balaban J connectivity index is 4.82. The summed E-state index contributed by atoms with van der Waals surface area (Å²) in [6, 6.07) is 0. The molecule has 2 N–H and O–H groups in total. The summed E-state index contributed by atoms with van der Waals surface area (Å²) in [7, 11) is 0. The summed E-state index contributed by atoms with van der Waals surface area (Å²) in [5.41, 5.74) is 5.49. The zero-order valence-electron chi connectivity index (χ0n) is 12.3. The van der Waals surface area contributed by atoms with E-state index < -0.39 is 0 Å². The van der Waals surface area contributed by atoms with Crippen LogP contribution in [0.1, 0.15) is 53.9 Å². The third-order valence-electron chi connectivity index (χ3n) is 4.10. The Kier molecular flexibility index (Phi) is 7.44. The van der Waals surface area contributed by atoms with Gasteiger partial charge >= 0.3 is 0 Å². The molecule has 3 heteroatoms. The van der Waals surface area contributed by atoms with Crippen LogP contribution in [0, 0.1) is 11.3 Å². The maximum atomic E-state index is 12.6. The highest BCUT2D eigenvalue weighted by molar-refractivity contribution is 5.83. The molecule has 0 spiro atoms. The molecule has 0 aromatic rings. The van der Waals surface area contributed by atoms with Crippen molar-refractivity contribution in [1.29, 1.82) is 0 Å². The van der Waals surface area contributed by atoms with E-state index in [0.717, 1.165) is 32.4 Å². The Morgan fingerprint density at radius 2 is 1.76 bits per heavy atom. The molecule has 0 aromatic carbocycles. The van der Waals surface area contributed by atoms with Gasteiger partial charge in [-0.15, -0.1) is 0 Å². The van der Waals surface area contributed by atoms with Crippen molar-refractivity contribution in [3.8, 4) is 0 Å². The Morgan fingerprint density at radius 3 is 2.06 bits per heavy atom. The molecule has 0 saturated carbocycles. The van der Waals surface area contributed by atoms with E-state index in [1.54, 1.807) is 0 Å². The summed E-state index contributed by atoms with van der Waals surface area (Å²) < 4.78 is 0. The Bertz CT molecular complexity index is 216. The van der Waals surface area contributed by atoms with Crippen LogP contribution in [0.15, 0.2) is 0 Å². The average Bonchev–Trinajstić information content (AvgIpc) is 2.38. The minimum atomic E-state index is -0.344. The van der Waals surface area contributed by atoms with Gasteiger partial charge in [-0.25, -0.2) is 0 Å². The van der Waals surface area contributed by atoms with Gasteiger partial charge in [0.2, 0.25) is 5.91 Å². The number of hydrogen-bond donors (Lipinski definition) is 1. The van der Waals surface area contributed by atoms with Gasteiger partial charge in [0.1, 0.15) is 0 Å². The van der Waals surface area contributed by atoms with Crippen LogP contribution < -0.4 is 5.73 Å². The van der Waals surface area contributed by atoms with Gasteiger partial charge in [0.05, 0.1) is 5.41 Å². The highest BCUT2D eigenvalue weighted by Gasteiger charge is 2.36. The average molecular weight is 242 g/mol. The van der Waals surface area contributed by atoms with E-state index in [0.29, 0.717) is 12.5 Å². The summed E-state index contributed by atoms with van der Waals surface area (Å²) in [4.78, 5) is 14.6. The molecule has 0 aliphatic rings. The summed E-state index contributed by atoms with van der Waals surface area (Å²) >= 11 is 0. The summed E-state index contributed by atoms with van der Waals surface area (Å²) in [6.45, 7) is 12.6. The maximum absolute atomic E-state index is 12.6. The van der Waals surface area contributed by atoms with Crippen molar-refractivity contribution < 1.29 is 4.79 Å². The van der Waals surface area contributed by atoms with Crippen LogP contribution in [-0.4, -0.2) is 30.4 Å². The quantitative estimate of drug-likeness (QED) is 0.711. The van der Waals surface area contributed by atoms with Crippen molar-refractivity contribution in [3.63, 3.8) is 0 Å².